The summed E-state index contributed by atoms with van der Waals surface area (Å²) in [6, 6.07) is 7.17. The van der Waals surface area contributed by atoms with E-state index in [1.54, 1.807) is 25.3 Å². The predicted octanol–water partition coefficient (Wildman–Crippen LogP) is 2.54. The molecule has 0 aliphatic heterocycles. The Morgan fingerprint density at radius 2 is 2.00 bits per heavy atom. The lowest BCUT2D eigenvalue weighted by molar-refractivity contribution is 0.0687. The molecule has 3 aromatic rings. The Morgan fingerprint density at radius 1 is 1.30 bits per heavy atom. The normalized spacial score (nSPS) is 10.9. The smallest absolute Gasteiger partial charge is 0.354 e. The van der Waals surface area contributed by atoms with Crippen molar-refractivity contribution in [2.45, 2.75) is 6.92 Å². The van der Waals surface area contributed by atoms with Crippen molar-refractivity contribution >= 4 is 11.6 Å². The molecule has 100 valence electrons. The molecule has 0 aliphatic carbocycles. The predicted molar refractivity (Wildman–Crippen MR) is 70.1 cm³/mol. The van der Waals surface area contributed by atoms with Crippen LogP contribution in [0.15, 0.2) is 36.5 Å². The molecule has 3 rings (SSSR count). The average molecular weight is 271 g/mol. The molecule has 0 aliphatic rings. The largest absolute Gasteiger partial charge is 0.477 e. The minimum absolute atomic E-state index is 0.0161. The number of aryl methyl sites for hydroxylation is 1. The molecule has 0 unspecified atom stereocenters. The van der Waals surface area contributed by atoms with Crippen molar-refractivity contribution in [1.82, 2.24) is 14.6 Å². The van der Waals surface area contributed by atoms with E-state index in [9.17, 15) is 14.3 Å². The first kappa shape index (κ1) is 12.3. The quantitative estimate of drug-likeness (QED) is 0.777. The number of hydrogen-bond donors (Lipinski definition) is 1. The lowest BCUT2D eigenvalue weighted by Gasteiger charge is -2.05. The molecule has 0 radical (unpaired) electrons. The number of nitrogens with zero attached hydrogens (tertiary/aromatic N) is 3. The topological polar surface area (TPSA) is 67.5 Å². The summed E-state index contributed by atoms with van der Waals surface area (Å²) in [6.45, 7) is 1.80. The molecular weight excluding hydrogens is 261 g/mol. The standard InChI is InChI=1S/C14H10FN3O2/c1-8-7-16-18-12(14(19)20)6-11(17-13(8)18)9-2-4-10(15)5-3-9/h2-7H,1H3,(H,19,20). The molecule has 0 amide bonds. The number of carboxylic acid groups (broad SMARTS) is 1. The lowest BCUT2D eigenvalue weighted by atomic mass is 10.1. The Bertz CT molecular complexity index is 809. The van der Waals surface area contributed by atoms with Crippen LogP contribution in [0.5, 0.6) is 0 Å². The van der Waals surface area contributed by atoms with Crippen molar-refractivity contribution < 1.29 is 14.3 Å². The highest BCUT2D eigenvalue weighted by atomic mass is 19.1. The summed E-state index contributed by atoms with van der Waals surface area (Å²) in [5.74, 6) is -1.45. The monoisotopic (exact) mass is 271 g/mol. The van der Waals surface area contributed by atoms with Crippen molar-refractivity contribution in [3.8, 4) is 11.3 Å². The Labute approximate surface area is 113 Å². The van der Waals surface area contributed by atoms with Gasteiger partial charge in [0.25, 0.3) is 0 Å². The summed E-state index contributed by atoms with van der Waals surface area (Å²) in [5.41, 5.74) is 2.39. The van der Waals surface area contributed by atoms with E-state index in [0.29, 0.717) is 16.9 Å². The Morgan fingerprint density at radius 3 is 2.65 bits per heavy atom. The van der Waals surface area contributed by atoms with Gasteiger partial charge < -0.3 is 5.11 Å². The van der Waals surface area contributed by atoms with Crippen molar-refractivity contribution in [3.05, 3.63) is 53.6 Å². The first-order valence-corrected chi connectivity index (χ1v) is 5.91. The highest BCUT2D eigenvalue weighted by Crippen LogP contribution is 2.21. The molecule has 6 heteroatoms. The van der Waals surface area contributed by atoms with Gasteiger partial charge in [-0.3, -0.25) is 0 Å². The second kappa shape index (κ2) is 4.41. The van der Waals surface area contributed by atoms with E-state index in [4.69, 9.17) is 0 Å². The zero-order chi connectivity index (χ0) is 14.3. The number of halogens is 1. The van der Waals surface area contributed by atoms with E-state index in [-0.39, 0.29) is 11.5 Å². The molecule has 5 nitrogen and oxygen atoms in total. The fraction of sp³-hybridized carbons (Fsp3) is 0.0714. The SMILES string of the molecule is Cc1cnn2c(C(=O)O)cc(-c3ccc(F)cc3)nc12. The summed E-state index contributed by atoms with van der Waals surface area (Å²) in [4.78, 5) is 15.7. The van der Waals surface area contributed by atoms with E-state index in [0.717, 1.165) is 5.56 Å². The number of fused-ring (bicyclic) bond motifs is 1. The number of rotatable bonds is 2. The van der Waals surface area contributed by atoms with Gasteiger partial charge in [0.1, 0.15) is 5.82 Å². The number of benzene rings is 1. The lowest BCUT2D eigenvalue weighted by Crippen LogP contribution is -2.08. The van der Waals surface area contributed by atoms with Crippen LogP contribution in [-0.4, -0.2) is 25.7 Å². The summed E-state index contributed by atoms with van der Waals surface area (Å²) in [5, 5.41) is 13.3. The van der Waals surface area contributed by atoms with Gasteiger partial charge in [0.2, 0.25) is 0 Å². The number of carbonyl (C=O) groups is 1. The summed E-state index contributed by atoms with van der Waals surface area (Å²) in [7, 11) is 0. The summed E-state index contributed by atoms with van der Waals surface area (Å²) >= 11 is 0. The van der Waals surface area contributed by atoms with E-state index < -0.39 is 5.97 Å². The average Bonchev–Trinajstić information content (AvgIpc) is 2.80. The van der Waals surface area contributed by atoms with Gasteiger partial charge in [-0.05, 0) is 37.3 Å². The van der Waals surface area contributed by atoms with E-state index >= 15 is 0 Å². The van der Waals surface area contributed by atoms with Gasteiger partial charge in [-0.2, -0.15) is 5.10 Å². The molecule has 0 saturated carbocycles. The van der Waals surface area contributed by atoms with Crippen LogP contribution in [0.4, 0.5) is 4.39 Å². The van der Waals surface area contributed by atoms with Gasteiger partial charge in [0, 0.05) is 11.1 Å². The fourth-order valence-electron chi connectivity index (χ4n) is 1.99. The van der Waals surface area contributed by atoms with Crippen molar-refractivity contribution in [2.75, 3.05) is 0 Å². The van der Waals surface area contributed by atoms with Gasteiger partial charge in [0.15, 0.2) is 11.3 Å². The molecule has 1 N–H and O–H groups in total. The number of aromatic nitrogens is 3. The first-order chi connectivity index (χ1) is 9.56. The molecule has 0 atom stereocenters. The maximum Gasteiger partial charge on any atom is 0.354 e. The molecule has 2 heterocycles. The molecular formula is C14H10FN3O2. The molecule has 0 bridgehead atoms. The van der Waals surface area contributed by atoms with E-state index in [1.165, 1.54) is 22.7 Å². The van der Waals surface area contributed by atoms with Crippen LogP contribution in [0.25, 0.3) is 16.9 Å². The number of hydrogen-bond acceptors (Lipinski definition) is 3. The zero-order valence-electron chi connectivity index (χ0n) is 10.5. The third-order valence-corrected chi connectivity index (χ3v) is 3.01. The Hall–Kier alpha value is -2.76. The minimum Gasteiger partial charge on any atom is -0.477 e. The van der Waals surface area contributed by atoms with Gasteiger partial charge in [0.05, 0.1) is 11.9 Å². The van der Waals surface area contributed by atoms with Crippen LogP contribution in [0, 0.1) is 12.7 Å². The van der Waals surface area contributed by atoms with Crippen molar-refractivity contribution in [3.63, 3.8) is 0 Å². The number of carboxylic acids is 1. The van der Waals surface area contributed by atoms with Crippen molar-refractivity contribution in [2.24, 2.45) is 0 Å². The number of aromatic carboxylic acids is 1. The van der Waals surface area contributed by atoms with Crippen LogP contribution in [-0.2, 0) is 0 Å². The second-order valence-corrected chi connectivity index (χ2v) is 4.40. The maximum atomic E-state index is 12.9. The minimum atomic E-state index is -1.09. The molecule has 2 aromatic heterocycles. The first-order valence-electron chi connectivity index (χ1n) is 5.91. The maximum absolute atomic E-state index is 12.9. The van der Waals surface area contributed by atoms with Crippen LogP contribution in [0.2, 0.25) is 0 Å². The van der Waals surface area contributed by atoms with Crippen LogP contribution in [0.3, 0.4) is 0 Å². The molecule has 0 saturated heterocycles. The van der Waals surface area contributed by atoms with Crippen LogP contribution >= 0.6 is 0 Å². The second-order valence-electron chi connectivity index (χ2n) is 4.40. The summed E-state index contributed by atoms with van der Waals surface area (Å²) in [6.07, 6.45) is 1.56. The molecule has 0 spiro atoms. The van der Waals surface area contributed by atoms with Crippen LogP contribution in [0.1, 0.15) is 16.1 Å². The van der Waals surface area contributed by atoms with E-state index in [1.807, 2.05) is 0 Å². The molecule has 0 fully saturated rings. The summed E-state index contributed by atoms with van der Waals surface area (Å²) < 4.78 is 14.2. The highest BCUT2D eigenvalue weighted by molar-refractivity contribution is 5.88. The van der Waals surface area contributed by atoms with Gasteiger partial charge in [-0.25, -0.2) is 18.7 Å². The third kappa shape index (κ3) is 1.91. The Kier molecular flexibility index (Phi) is 2.71. The van der Waals surface area contributed by atoms with Gasteiger partial charge in [-0.15, -0.1) is 0 Å². The van der Waals surface area contributed by atoms with Crippen LogP contribution < -0.4 is 0 Å². The Balaban J connectivity index is 2.28. The van der Waals surface area contributed by atoms with Crippen molar-refractivity contribution in [1.29, 1.82) is 0 Å². The van der Waals surface area contributed by atoms with E-state index in [2.05, 4.69) is 10.1 Å². The van der Waals surface area contributed by atoms with Gasteiger partial charge >= 0.3 is 5.97 Å². The molecule has 1 aromatic carbocycles. The third-order valence-electron chi connectivity index (χ3n) is 3.01. The van der Waals surface area contributed by atoms with Gasteiger partial charge in [-0.1, -0.05) is 0 Å². The zero-order valence-corrected chi connectivity index (χ0v) is 10.5. The fourth-order valence-corrected chi connectivity index (χ4v) is 1.99. The molecule has 20 heavy (non-hydrogen) atoms. The highest BCUT2D eigenvalue weighted by Gasteiger charge is 2.15.